The van der Waals surface area contributed by atoms with Crippen molar-refractivity contribution >= 4 is 27.5 Å². The number of hydrogen-bond acceptors (Lipinski definition) is 9. The molecule has 2 aromatic rings. The van der Waals surface area contributed by atoms with Gasteiger partial charge in [0.25, 0.3) is 0 Å². The van der Waals surface area contributed by atoms with E-state index in [4.69, 9.17) is 9.47 Å². The number of morpholine rings is 1. The quantitative estimate of drug-likeness (QED) is 0.546. The number of piperazine rings is 1. The number of benzene rings is 1. The fourth-order valence-corrected chi connectivity index (χ4v) is 5.68. The van der Waals surface area contributed by atoms with E-state index in [0.717, 1.165) is 32.7 Å². The number of rotatable bonds is 8. The van der Waals surface area contributed by atoms with E-state index in [9.17, 15) is 13.2 Å². The molecular formula is C23H31N5O5S. The Morgan fingerprint density at radius 2 is 1.79 bits per heavy atom. The van der Waals surface area contributed by atoms with Gasteiger partial charge in [0.05, 0.1) is 25.9 Å². The molecule has 1 N–H and O–H groups in total. The molecule has 2 saturated heterocycles. The summed E-state index contributed by atoms with van der Waals surface area (Å²) in [4.78, 5) is 21.0. The number of esters is 1. The van der Waals surface area contributed by atoms with Crippen molar-refractivity contribution in [2.75, 3.05) is 82.9 Å². The van der Waals surface area contributed by atoms with Crippen LogP contribution >= 0.6 is 0 Å². The summed E-state index contributed by atoms with van der Waals surface area (Å²) in [5.74, 6) is -0.393. The predicted molar refractivity (Wildman–Crippen MR) is 129 cm³/mol. The van der Waals surface area contributed by atoms with Gasteiger partial charge in [-0.05, 0) is 18.2 Å². The molecule has 0 radical (unpaired) electrons. The van der Waals surface area contributed by atoms with Crippen LogP contribution in [0.25, 0.3) is 0 Å². The van der Waals surface area contributed by atoms with Gasteiger partial charge in [-0.15, -0.1) is 0 Å². The molecule has 0 spiro atoms. The van der Waals surface area contributed by atoms with E-state index in [0.29, 0.717) is 19.8 Å². The molecule has 3 heterocycles. The smallest absolute Gasteiger partial charge is 0.339 e. The van der Waals surface area contributed by atoms with Crippen molar-refractivity contribution in [1.29, 1.82) is 0 Å². The first kappa shape index (κ1) is 24.4. The first-order chi connectivity index (χ1) is 16.5. The summed E-state index contributed by atoms with van der Waals surface area (Å²) in [5.41, 5.74) is 1.32. The average molecular weight is 490 g/mol. The van der Waals surface area contributed by atoms with Gasteiger partial charge in [0.2, 0.25) is 10.0 Å². The fraction of sp³-hybridized carbons (Fsp3) is 0.478. The van der Waals surface area contributed by atoms with Crippen LogP contribution in [0.15, 0.2) is 47.5 Å². The SMILES string of the molecule is COC(=O)c1cnc(NCCN2CCN(c3ccccc3)CC2)c(S(=O)(=O)N2CCOCC2)c1. The van der Waals surface area contributed by atoms with E-state index in [2.05, 4.69) is 32.2 Å². The van der Waals surface area contributed by atoms with Crippen molar-refractivity contribution in [3.8, 4) is 0 Å². The molecule has 0 aliphatic carbocycles. The number of hydrogen-bond donors (Lipinski definition) is 1. The molecule has 1 aromatic carbocycles. The van der Waals surface area contributed by atoms with E-state index in [1.165, 1.54) is 29.4 Å². The van der Waals surface area contributed by atoms with Crippen molar-refractivity contribution in [1.82, 2.24) is 14.2 Å². The van der Waals surface area contributed by atoms with Crippen molar-refractivity contribution < 1.29 is 22.7 Å². The molecule has 0 bridgehead atoms. The summed E-state index contributed by atoms with van der Waals surface area (Å²) < 4.78 is 38.1. The van der Waals surface area contributed by atoms with Crippen LogP contribution in [0.1, 0.15) is 10.4 Å². The van der Waals surface area contributed by atoms with Crippen LogP contribution in [0.2, 0.25) is 0 Å². The number of carbonyl (C=O) groups excluding carboxylic acids is 1. The Bertz CT molecular complexity index is 1070. The second-order valence-electron chi connectivity index (χ2n) is 8.17. The maximum absolute atomic E-state index is 13.3. The summed E-state index contributed by atoms with van der Waals surface area (Å²) >= 11 is 0. The van der Waals surface area contributed by atoms with Gasteiger partial charge in [0, 0.05) is 64.2 Å². The van der Waals surface area contributed by atoms with Gasteiger partial charge < -0.3 is 19.7 Å². The molecule has 11 heteroatoms. The number of para-hydroxylation sites is 1. The topological polar surface area (TPSA) is 104 Å². The van der Waals surface area contributed by atoms with Gasteiger partial charge in [-0.25, -0.2) is 18.2 Å². The first-order valence-corrected chi connectivity index (χ1v) is 12.9. The molecule has 0 amide bonds. The number of pyridine rings is 1. The molecule has 2 fully saturated rings. The van der Waals surface area contributed by atoms with Crippen LogP contribution in [0.4, 0.5) is 11.5 Å². The lowest BCUT2D eigenvalue weighted by Crippen LogP contribution is -2.47. The highest BCUT2D eigenvalue weighted by molar-refractivity contribution is 7.89. The third-order valence-corrected chi connectivity index (χ3v) is 7.99. The minimum atomic E-state index is -3.85. The van der Waals surface area contributed by atoms with Gasteiger partial charge in [0.1, 0.15) is 10.7 Å². The molecule has 184 valence electrons. The molecular weight excluding hydrogens is 458 g/mol. The van der Waals surface area contributed by atoms with Gasteiger partial charge in [-0.3, -0.25) is 4.90 Å². The lowest BCUT2D eigenvalue weighted by molar-refractivity contribution is 0.0600. The van der Waals surface area contributed by atoms with E-state index in [-0.39, 0.29) is 29.4 Å². The molecule has 2 aliphatic heterocycles. The van der Waals surface area contributed by atoms with Gasteiger partial charge in [-0.2, -0.15) is 4.31 Å². The Labute approximate surface area is 200 Å². The molecule has 2 aliphatic rings. The van der Waals surface area contributed by atoms with Crippen LogP contribution in [0.3, 0.4) is 0 Å². The molecule has 4 rings (SSSR count). The number of nitrogens with zero attached hydrogens (tertiary/aromatic N) is 4. The van der Waals surface area contributed by atoms with Crippen molar-refractivity contribution in [2.45, 2.75) is 4.90 Å². The summed E-state index contributed by atoms with van der Waals surface area (Å²) in [6, 6.07) is 11.7. The van der Waals surface area contributed by atoms with Crippen molar-refractivity contribution in [3.63, 3.8) is 0 Å². The highest BCUT2D eigenvalue weighted by Gasteiger charge is 2.30. The van der Waals surface area contributed by atoms with E-state index < -0.39 is 16.0 Å². The number of ether oxygens (including phenoxy) is 2. The number of nitrogens with one attached hydrogen (secondary N) is 1. The lowest BCUT2D eigenvalue weighted by Gasteiger charge is -2.36. The summed E-state index contributed by atoms with van der Waals surface area (Å²) in [7, 11) is -2.60. The first-order valence-electron chi connectivity index (χ1n) is 11.4. The normalized spacial score (nSPS) is 18.0. The number of anilines is 2. The van der Waals surface area contributed by atoms with Crippen molar-refractivity contribution in [2.24, 2.45) is 0 Å². The molecule has 0 atom stereocenters. The average Bonchev–Trinajstić information content (AvgIpc) is 2.89. The maximum Gasteiger partial charge on any atom is 0.339 e. The molecule has 10 nitrogen and oxygen atoms in total. The Kier molecular flexibility index (Phi) is 7.99. The highest BCUT2D eigenvalue weighted by Crippen LogP contribution is 2.25. The Hall–Kier alpha value is -2.73. The van der Waals surface area contributed by atoms with Crippen LogP contribution in [-0.2, 0) is 19.5 Å². The molecule has 0 saturated carbocycles. The summed E-state index contributed by atoms with van der Waals surface area (Å²) in [6.07, 6.45) is 1.34. The maximum atomic E-state index is 13.3. The van der Waals surface area contributed by atoms with Crippen LogP contribution in [-0.4, -0.2) is 101 Å². The Morgan fingerprint density at radius 1 is 1.09 bits per heavy atom. The van der Waals surface area contributed by atoms with Gasteiger partial charge in [0.15, 0.2) is 0 Å². The second-order valence-corrected chi connectivity index (χ2v) is 10.1. The lowest BCUT2D eigenvalue weighted by atomic mass is 10.2. The zero-order valence-corrected chi connectivity index (χ0v) is 20.2. The van der Waals surface area contributed by atoms with Crippen LogP contribution in [0.5, 0.6) is 0 Å². The third-order valence-electron chi connectivity index (χ3n) is 6.08. The minimum Gasteiger partial charge on any atom is -0.465 e. The van der Waals surface area contributed by atoms with Crippen LogP contribution in [0, 0.1) is 0 Å². The standard InChI is InChI=1S/C23H31N5O5S/c1-32-23(29)19-17-21(34(30,31)28-13-15-33-16-14-28)22(25-18-19)24-7-8-26-9-11-27(12-10-26)20-5-3-2-4-6-20/h2-6,17-18H,7-16H2,1H3,(H,24,25). The molecule has 34 heavy (non-hydrogen) atoms. The van der Waals surface area contributed by atoms with Crippen LogP contribution < -0.4 is 10.2 Å². The van der Waals surface area contributed by atoms with Crippen molar-refractivity contribution in [3.05, 3.63) is 48.2 Å². The number of methoxy groups -OCH3 is 1. The number of carbonyl (C=O) groups is 1. The zero-order valence-electron chi connectivity index (χ0n) is 19.4. The Balaban J connectivity index is 1.41. The predicted octanol–water partition coefficient (Wildman–Crippen LogP) is 1.12. The molecule has 0 unspecified atom stereocenters. The number of sulfonamides is 1. The zero-order chi connectivity index (χ0) is 24.0. The minimum absolute atomic E-state index is 0.0220. The van der Waals surface area contributed by atoms with Gasteiger partial charge >= 0.3 is 5.97 Å². The van der Waals surface area contributed by atoms with Gasteiger partial charge in [-0.1, -0.05) is 18.2 Å². The molecule has 1 aromatic heterocycles. The van der Waals surface area contributed by atoms with E-state index in [1.807, 2.05) is 18.2 Å². The largest absolute Gasteiger partial charge is 0.465 e. The van der Waals surface area contributed by atoms with E-state index in [1.54, 1.807) is 0 Å². The third kappa shape index (κ3) is 5.66. The number of aromatic nitrogens is 1. The highest BCUT2D eigenvalue weighted by atomic mass is 32.2. The summed E-state index contributed by atoms with van der Waals surface area (Å²) in [5, 5.41) is 3.18. The summed E-state index contributed by atoms with van der Waals surface area (Å²) in [6.45, 7) is 6.18. The fourth-order valence-electron chi connectivity index (χ4n) is 4.13. The second kappa shape index (κ2) is 11.1. The van der Waals surface area contributed by atoms with E-state index >= 15 is 0 Å². The monoisotopic (exact) mass is 489 g/mol. The Morgan fingerprint density at radius 3 is 2.47 bits per heavy atom.